The van der Waals surface area contributed by atoms with E-state index in [2.05, 4.69) is 35.8 Å². The molecule has 0 unspecified atom stereocenters. The van der Waals surface area contributed by atoms with E-state index in [9.17, 15) is 5.11 Å². The number of nitrogens with zero attached hydrogens (tertiary/aromatic N) is 3. The van der Waals surface area contributed by atoms with Gasteiger partial charge in [0, 0.05) is 30.5 Å². The quantitative estimate of drug-likeness (QED) is 0.902. The molecule has 2 aliphatic rings. The molecule has 0 aliphatic carbocycles. The van der Waals surface area contributed by atoms with E-state index in [4.69, 9.17) is 9.26 Å². The predicted molar refractivity (Wildman–Crippen MR) is 82.9 cm³/mol. The maximum Gasteiger partial charge on any atom is 0.266 e. The van der Waals surface area contributed by atoms with Crippen molar-refractivity contribution in [3.05, 3.63) is 5.89 Å². The van der Waals surface area contributed by atoms with Crippen molar-refractivity contribution in [1.29, 1.82) is 0 Å². The molecular weight excluding hydrogens is 282 g/mol. The van der Waals surface area contributed by atoms with E-state index < -0.39 is 5.60 Å². The van der Waals surface area contributed by atoms with Crippen LogP contribution in [0.25, 0.3) is 0 Å². The zero-order valence-corrected chi connectivity index (χ0v) is 14.0. The molecule has 0 saturated carbocycles. The molecule has 6 heteroatoms. The Kier molecular flexibility index (Phi) is 3.93. The first-order valence-electron chi connectivity index (χ1n) is 8.20. The van der Waals surface area contributed by atoms with Crippen molar-refractivity contribution in [3.63, 3.8) is 0 Å². The van der Waals surface area contributed by atoms with Crippen molar-refractivity contribution in [3.8, 4) is 0 Å². The lowest BCUT2D eigenvalue weighted by Gasteiger charge is -2.42. The van der Waals surface area contributed by atoms with Gasteiger partial charge in [0.2, 0.25) is 5.89 Å². The van der Waals surface area contributed by atoms with E-state index >= 15 is 0 Å². The maximum absolute atomic E-state index is 10.7. The maximum atomic E-state index is 10.7. The molecule has 0 aromatic carbocycles. The lowest BCUT2D eigenvalue weighted by atomic mass is 9.79. The third kappa shape index (κ3) is 2.86. The Morgan fingerprint density at radius 2 is 2.14 bits per heavy atom. The summed E-state index contributed by atoms with van der Waals surface area (Å²) in [5, 5.41) is 14.9. The van der Waals surface area contributed by atoms with Crippen LogP contribution >= 0.6 is 0 Å². The van der Waals surface area contributed by atoms with Gasteiger partial charge in [0.25, 0.3) is 5.95 Å². The topological polar surface area (TPSA) is 71.6 Å². The molecule has 124 valence electrons. The van der Waals surface area contributed by atoms with E-state index in [1.165, 1.54) is 0 Å². The highest BCUT2D eigenvalue weighted by molar-refractivity contribution is 5.33. The van der Waals surface area contributed by atoms with Crippen molar-refractivity contribution < 1.29 is 14.4 Å². The van der Waals surface area contributed by atoms with E-state index in [1.807, 2.05) is 6.92 Å². The summed E-state index contributed by atoms with van der Waals surface area (Å²) in [5.74, 6) is 1.38. The van der Waals surface area contributed by atoms with Gasteiger partial charge in [0.15, 0.2) is 0 Å². The molecule has 1 N–H and O–H groups in total. The second-order valence-electron chi connectivity index (χ2n) is 7.84. The van der Waals surface area contributed by atoms with E-state index in [1.54, 1.807) is 0 Å². The Hall–Kier alpha value is -1.14. The fraction of sp³-hybridized carbons (Fsp3) is 0.875. The highest BCUT2D eigenvalue weighted by atomic mass is 16.5. The Bertz CT molecular complexity index is 521. The van der Waals surface area contributed by atoms with Crippen molar-refractivity contribution in [2.75, 3.05) is 24.7 Å². The molecule has 0 radical (unpaired) electrons. The van der Waals surface area contributed by atoms with Crippen molar-refractivity contribution >= 4 is 5.95 Å². The van der Waals surface area contributed by atoms with Gasteiger partial charge < -0.3 is 19.3 Å². The van der Waals surface area contributed by atoms with E-state index in [0.717, 1.165) is 19.4 Å². The number of aliphatic hydroxyl groups is 1. The van der Waals surface area contributed by atoms with Crippen LogP contribution in [0.15, 0.2) is 4.52 Å². The minimum atomic E-state index is -0.692. The van der Waals surface area contributed by atoms with Gasteiger partial charge in [-0.2, -0.15) is 4.98 Å². The van der Waals surface area contributed by atoms with Crippen molar-refractivity contribution in [2.24, 2.45) is 5.92 Å². The summed E-state index contributed by atoms with van der Waals surface area (Å²) in [7, 11) is 0. The van der Waals surface area contributed by atoms with Gasteiger partial charge in [-0.15, -0.1) is 0 Å². The first kappa shape index (κ1) is 15.7. The smallest absolute Gasteiger partial charge is 0.266 e. The summed E-state index contributed by atoms with van der Waals surface area (Å²) >= 11 is 0. The molecule has 1 aromatic rings. The Balaban J connectivity index is 1.82. The first-order chi connectivity index (χ1) is 10.3. The highest BCUT2D eigenvalue weighted by Gasteiger charge is 2.45. The monoisotopic (exact) mass is 309 g/mol. The predicted octanol–water partition coefficient (Wildman–Crippen LogP) is 2.12. The SMILES string of the molecule is CC(C)(C)c1nc(N2CCC[C@@H]2[C@H]2COCC[C@@]2(C)O)no1. The second kappa shape index (κ2) is 5.49. The lowest BCUT2D eigenvalue weighted by Crippen LogP contribution is -2.52. The summed E-state index contributed by atoms with van der Waals surface area (Å²) in [6, 6.07) is 0.209. The molecule has 22 heavy (non-hydrogen) atoms. The molecule has 2 aliphatic heterocycles. The highest BCUT2D eigenvalue weighted by Crippen LogP contribution is 2.37. The third-order valence-electron chi connectivity index (χ3n) is 4.93. The van der Waals surface area contributed by atoms with Crippen LogP contribution in [-0.4, -0.2) is 46.6 Å². The molecule has 0 bridgehead atoms. The molecule has 0 amide bonds. The van der Waals surface area contributed by atoms with E-state index in [-0.39, 0.29) is 17.4 Å². The van der Waals surface area contributed by atoms with Gasteiger partial charge in [-0.1, -0.05) is 20.8 Å². The van der Waals surface area contributed by atoms with E-state index in [0.29, 0.717) is 31.5 Å². The average molecular weight is 309 g/mol. The van der Waals surface area contributed by atoms with Crippen LogP contribution < -0.4 is 4.90 Å². The van der Waals surface area contributed by atoms with Gasteiger partial charge in [-0.25, -0.2) is 0 Å². The van der Waals surface area contributed by atoms with Gasteiger partial charge in [0.05, 0.1) is 12.2 Å². The summed E-state index contributed by atoms with van der Waals surface area (Å²) < 4.78 is 11.1. The third-order valence-corrected chi connectivity index (χ3v) is 4.93. The number of hydrogen-bond acceptors (Lipinski definition) is 6. The van der Waals surface area contributed by atoms with Crippen LogP contribution in [0.5, 0.6) is 0 Å². The molecule has 2 fully saturated rings. The lowest BCUT2D eigenvalue weighted by molar-refractivity contribution is -0.108. The summed E-state index contributed by atoms with van der Waals surface area (Å²) in [6.07, 6.45) is 2.79. The Labute approximate surface area is 131 Å². The molecule has 6 nitrogen and oxygen atoms in total. The second-order valence-corrected chi connectivity index (χ2v) is 7.84. The zero-order chi connectivity index (χ0) is 16.0. The number of aromatic nitrogens is 2. The van der Waals surface area contributed by atoms with Crippen LogP contribution in [0.2, 0.25) is 0 Å². The summed E-state index contributed by atoms with van der Waals surface area (Å²) in [5.41, 5.74) is -0.845. The molecule has 3 rings (SSSR count). The fourth-order valence-corrected chi connectivity index (χ4v) is 3.48. The Morgan fingerprint density at radius 3 is 2.77 bits per heavy atom. The van der Waals surface area contributed by atoms with Crippen LogP contribution in [0.3, 0.4) is 0 Å². The Morgan fingerprint density at radius 1 is 1.36 bits per heavy atom. The van der Waals surface area contributed by atoms with Gasteiger partial charge in [-0.3, -0.25) is 0 Å². The summed E-state index contributed by atoms with van der Waals surface area (Å²) in [4.78, 5) is 6.77. The molecule has 2 saturated heterocycles. The van der Waals surface area contributed by atoms with Crippen LogP contribution in [0.1, 0.15) is 52.8 Å². The average Bonchev–Trinajstić information content (AvgIpc) is 3.05. The number of hydrogen-bond donors (Lipinski definition) is 1. The zero-order valence-electron chi connectivity index (χ0n) is 14.0. The molecular formula is C16H27N3O3. The van der Waals surface area contributed by atoms with Crippen LogP contribution in [0, 0.1) is 5.92 Å². The summed E-state index contributed by atoms with van der Waals surface area (Å²) in [6.45, 7) is 10.2. The van der Waals surface area contributed by atoms with Gasteiger partial charge >= 0.3 is 0 Å². The van der Waals surface area contributed by atoms with Crippen LogP contribution in [0.4, 0.5) is 5.95 Å². The molecule has 0 spiro atoms. The minimum Gasteiger partial charge on any atom is -0.390 e. The largest absolute Gasteiger partial charge is 0.390 e. The standard InChI is InChI=1S/C16H27N3O3/c1-15(2,3)13-17-14(18-22-13)19-8-5-6-12(19)11-10-21-9-7-16(11,4)20/h11-12,20H,5-10H2,1-4H3/t11-,12-,16-/m1/s1. The molecule has 3 heterocycles. The number of ether oxygens (including phenoxy) is 1. The number of rotatable bonds is 2. The molecule has 1 aromatic heterocycles. The van der Waals surface area contributed by atoms with Crippen molar-refractivity contribution in [2.45, 2.75) is 64.0 Å². The molecule has 3 atom stereocenters. The fourth-order valence-electron chi connectivity index (χ4n) is 3.48. The van der Waals surface area contributed by atoms with Gasteiger partial charge in [-0.05, 0) is 31.3 Å². The van der Waals surface area contributed by atoms with Crippen molar-refractivity contribution in [1.82, 2.24) is 10.1 Å². The van der Waals surface area contributed by atoms with Crippen LogP contribution in [-0.2, 0) is 10.2 Å². The minimum absolute atomic E-state index is 0.0836. The number of anilines is 1. The van der Waals surface area contributed by atoms with Gasteiger partial charge in [0.1, 0.15) is 0 Å². The normalized spacial score (nSPS) is 33.4. The first-order valence-corrected chi connectivity index (χ1v) is 8.20.